The van der Waals surface area contributed by atoms with E-state index in [0.29, 0.717) is 12.2 Å². The third-order valence-electron chi connectivity index (χ3n) is 3.02. The third kappa shape index (κ3) is 2.98. The van der Waals surface area contributed by atoms with Crippen molar-refractivity contribution in [1.82, 2.24) is 14.2 Å². The molecule has 0 fully saturated rings. The lowest BCUT2D eigenvalue weighted by Gasteiger charge is -2.05. The highest BCUT2D eigenvalue weighted by molar-refractivity contribution is 9.10. The summed E-state index contributed by atoms with van der Waals surface area (Å²) in [6, 6.07) is 11.3. The minimum atomic E-state index is -0.116. The van der Waals surface area contributed by atoms with Crippen molar-refractivity contribution in [3.8, 4) is 0 Å². The summed E-state index contributed by atoms with van der Waals surface area (Å²) < 4.78 is 3.98. The Hall–Kier alpha value is -1.73. The second-order valence-corrected chi connectivity index (χ2v) is 6.52. The fourth-order valence-electron chi connectivity index (χ4n) is 2.01. The number of thioether (sulfide) groups is 1. The number of aryl methyl sites for hydroxylation is 1. The van der Waals surface area contributed by atoms with Gasteiger partial charge in [-0.3, -0.25) is 4.40 Å². The summed E-state index contributed by atoms with van der Waals surface area (Å²) in [5.74, 6) is 0.732. The van der Waals surface area contributed by atoms with Crippen LogP contribution in [0.2, 0.25) is 0 Å². The summed E-state index contributed by atoms with van der Waals surface area (Å²) in [5, 5.41) is 4.30. The van der Waals surface area contributed by atoms with Crippen LogP contribution in [-0.4, -0.2) is 19.9 Å². The monoisotopic (exact) mass is 364 g/mol. The van der Waals surface area contributed by atoms with Crippen LogP contribution in [0.15, 0.2) is 56.8 Å². The molecule has 108 valence electrons. The second-order valence-electron chi connectivity index (χ2n) is 4.47. The Morgan fingerprint density at radius 1 is 1.29 bits per heavy atom. The fourth-order valence-corrected chi connectivity index (χ4v) is 3.26. The Bertz CT molecular complexity index is 842. The molecule has 3 rings (SSSR count). The van der Waals surface area contributed by atoms with E-state index in [4.69, 9.17) is 5.73 Å². The molecule has 2 N–H and O–H groups in total. The average molecular weight is 365 g/mol. The lowest BCUT2D eigenvalue weighted by molar-refractivity contribution is 0.640. The topological polar surface area (TPSA) is 65.3 Å². The quantitative estimate of drug-likeness (QED) is 0.570. The van der Waals surface area contributed by atoms with Gasteiger partial charge in [-0.15, -0.1) is 16.9 Å². The van der Waals surface area contributed by atoms with E-state index in [1.54, 1.807) is 22.4 Å². The predicted octanol–water partition coefficient (Wildman–Crippen LogP) is 2.63. The predicted molar refractivity (Wildman–Crippen MR) is 88.7 cm³/mol. The maximum atomic E-state index is 12.1. The Balaban J connectivity index is 1.72. The molecule has 0 aliphatic rings. The molecule has 0 saturated heterocycles. The molecule has 0 aliphatic carbocycles. The zero-order valence-corrected chi connectivity index (χ0v) is 13.5. The van der Waals surface area contributed by atoms with Crippen LogP contribution in [-0.2, 0) is 6.54 Å². The van der Waals surface area contributed by atoms with Gasteiger partial charge in [-0.1, -0.05) is 22.0 Å². The van der Waals surface area contributed by atoms with Crippen molar-refractivity contribution < 1.29 is 0 Å². The number of nitrogens with two attached hydrogens (primary N) is 1. The van der Waals surface area contributed by atoms with Gasteiger partial charge in [0.15, 0.2) is 5.65 Å². The lowest BCUT2D eigenvalue weighted by atomic mass is 10.3. The van der Waals surface area contributed by atoms with Gasteiger partial charge >= 0.3 is 5.69 Å². The Morgan fingerprint density at radius 2 is 2.14 bits per heavy atom. The number of rotatable bonds is 4. The fraction of sp³-hybridized carbons (Fsp3) is 0.143. The standard InChI is InChI=1S/C14H13BrN4OS/c15-10-4-5-12(11(16)9-10)21-8-7-19-14(20)18-6-2-1-3-13(18)17-19/h1-6,9H,7-8,16H2. The van der Waals surface area contributed by atoms with Crippen molar-refractivity contribution in [2.24, 2.45) is 0 Å². The van der Waals surface area contributed by atoms with Crippen LogP contribution in [0.25, 0.3) is 5.65 Å². The highest BCUT2D eigenvalue weighted by Gasteiger charge is 2.06. The van der Waals surface area contributed by atoms with Gasteiger partial charge in [0, 0.05) is 27.0 Å². The number of nitrogens with zero attached hydrogens (tertiary/aromatic N) is 3. The first-order valence-electron chi connectivity index (χ1n) is 6.37. The molecule has 0 unspecified atom stereocenters. The highest BCUT2D eigenvalue weighted by atomic mass is 79.9. The van der Waals surface area contributed by atoms with Gasteiger partial charge in [0.25, 0.3) is 0 Å². The van der Waals surface area contributed by atoms with Crippen molar-refractivity contribution in [2.75, 3.05) is 11.5 Å². The summed E-state index contributed by atoms with van der Waals surface area (Å²) in [6.45, 7) is 0.542. The number of fused-ring (bicyclic) bond motifs is 1. The first-order chi connectivity index (χ1) is 10.1. The maximum Gasteiger partial charge on any atom is 0.350 e. The molecule has 2 aromatic heterocycles. The first kappa shape index (κ1) is 14.2. The van der Waals surface area contributed by atoms with E-state index in [9.17, 15) is 4.79 Å². The van der Waals surface area contributed by atoms with Crippen molar-refractivity contribution >= 4 is 39.0 Å². The summed E-state index contributed by atoms with van der Waals surface area (Å²) in [5.41, 5.74) is 7.23. The molecule has 7 heteroatoms. The molecule has 0 bridgehead atoms. The Morgan fingerprint density at radius 3 is 2.90 bits per heavy atom. The zero-order valence-electron chi connectivity index (χ0n) is 11.1. The van der Waals surface area contributed by atoms with E-state index < -0.39 is 0 Å². The van der Waals surface area contributed by atoms with E-state index in [0.717, 1.165) is 20.8 Å². The largest absolute Gasteiger partial charge is 0.398 e. The summed E-state index contributed by atoms with van der Waals surface area (Å²) >= 11 is 5.00. The lowest BCUT2D eigenvalue weighted by Crippen LogP contribution is -2.21. The summed E-state index contributed by atoms with van der Waals surface area (Å²) in [6.07, 6.45) is 1.72. The number of halogens is 1. The molecular weight excluding hydrogens is 352 g/mol. The summed E-state index contributed by atoms with van der Waals surface area (Å²) in [4.78, 5) is 13.1. The SMILES string of the molecule is Nc1cc(Br)ccc1SCCn1nc2ccccn2c1=O. The molecule has 2 heterocycles. The van der Waals surface area contributed by atoms with Crippen LogP contribution in [0.5, 0.6) is 0 Å². The number of aromatic nitrogens is 3. The number of benzene rings is 1. The van der Waals surface area contributed by atoms with Gasteiger partial charge in [0.2, 0.25) is 0 Å². The van der Waals surface area contributed by atoms with Crippen LogP contribution in [0.4, 0.5) is 5.69 Å². The average Bonchev–Trinajstić information content (AvgIpc) is 2.79. The molecule has 21 heavy (non-hydrogen) atoms. The van der Waals surface area contributed by atoms with Crippen molar-refractivity contribution in [3.63, 3.8) is 0 Å². The molecule has 5 nitrogen and oxygen atoms in total. The Labute approximate surface area is 133 Å². The number of hydrogen-bond acceptors (Lipinski definition) is 4. The maximum absolute atomic E-state index is 12.1. The smallest absolute Gasteiger partial charge is 0.350 e. The van der Waals surface area contributed by atoms with Crippen LogP contribution in [0, 0.1) is 0 Å². The Kier molecular flexibility index (Phi) is 4.03. The molecule has 1 aromatic carbocycles. The molecule has 0 atom stereocenters. The first-order valence-corrected chi connectivity index (χ1v) is 8.15. The van der Waals surface area contributed by atoms with Crippen molar-refractivity contribution in [1.29, 1.82) is 0 Å². The molecular formula is C14H13BrN4OS. The van der Waals surface area contributed by atoms with Gasteiger partial charge in [0.1, 0.15) is 0 Å². The van der Waals surface area contributed by atoms with Gasteiger partial charge in [-0.25, -0.2) is 9.48 Å². The van der Waals surface area contributed by atoms with E-state index >= 15 is 0 Å². The van der Waals surface area contributed by atoms with E-state index in [1.807, 2.05) is 36.4 Å². The molecule has 0 spiro atoms. The van der Waals surface area contributed by atoms with Crippen LogP contribution in [0.3, 0.4) is 0 Å². The van der Waals surface area contributed by atoms with E-state index in [1.165, 1.54) is 4.68 Å². The number of hydrogen-bond donors (Lipinski definition) is 1. The molecule has 0 radical (unpaired) electrons. The number of anilines is 1. The zero-order chi connectivity index (χ0) is 14.8. The van der Waals surface area contributed by atoms with Crippen LogP contribution < -0.4 is 11.4 Å². The highest BCUT2D eigenvalue weighted by Crippen LogP contribution is 2.27. The van der Waals surface area contributed by atoms with Gasteiger partial charge in [-0.05, 0) is 30.3 Å². The minimum Gasteiger partial charge on any atom is -0.398 e. The van der Waals surface area contributed by atoms with Crippen LogP contribution in [0.1, 0.15) is 0 Å². The number of nitrogen functional groups attached to an aromatic ring is 1. The van der Waals surface area contributed by atoms with E-state index in [2.05, 4.69) is 21.0 Å². The van der Waals surface area contributed by atoms with Crippen molar-refractivity contribution in [3.05, 3.63) is 57.6 Å². The van der Waals surface area contributed by atoms with Gasteiger partial charge in [-0.2, -0.15) is 0 Å². The van der Waals surface area contributed by atoms with Gasteiger partial charge in [0.05, 0.1) is 6.54 Å². The third-order valence-corrected chi connectivity index (χ3v) is 4.58. The molecule has 3 aromatic rings. The number of pyridine rings is 1. The van der Waals surface area contributed by atoms with Crippen molar-refractivity contribution in [2.45, 2.75) is 11.4 Å². The van der Waals surface area contributed by atoms with Gasteiger partial charge < -0.3 is 5.73 Å². The normalized spacial score (nSPS) is 11.1. The minimum absolute atomic E-state index is 0.116. The second kappa shape index (κ2) is 5.95. The summed E-state index contributed by atoms with van der Waals surface area (Å²) in [7, 11) is 0. The molecule has 0 aliphatic heterocycles. The molecule has 0 saturated carbocycles. The van der Waals surface area contributed by atoms with E-state index in [-0.39, 0.29) is 5.69 Å². The molecule has 0 amide bonds. The van der Waals surface area contributed by atoms with Crippen LogP contribution >= 0.6 is 27.7 Å².